The number of rotatable bonds is 6. The number of hydrogen-bond donors (Lipinski definition) is 2. The molecule has 0 fully saturated rings. The van der Waals surface area contributed by atoms with Gasteiger partial charge < -0.3 is 9.84 Å². The zero-order chi connectivity index (χ0) is 20.3. The Balaban J connectivity index is 2.11. The normalized spacial score (nSPS) is 11.1. The number of methoxy groups -OCH3 is 1. The summed E-state index contributed by atoms with van der Waals surface area (Å²) >= 11 is 0. The minimum atomic E-state index is -3.88. The Morgan fingerprint density at radius 3 is 2.18 bits per heavy atom. The van der Waals surface area contributed by atoms with Crippen molar-refractivity contribution in [3.05, 3.63) is 77.9 Å². The van der Waals surface area contributed by atoms with E-state index < -0.39 is 16.0 Å². The number of anilines is 1. The fourth-order valence-electron chi connectivity index (χ4n) is 2.81. The molecule has 0 aliphatic heterocycles. The van der Waals surface area contributed by atoms with Gasteiger partial charge in [0.2, 0.25) is 0 Å². The van der Waals surface area contributed by atoms with Gasteiger partial charge in [-0.25, -0.2) is 13.2 Å². The summed E-state index contributed by atoms with van der Waals surface area (Å²) in [7, 11) is -2.35. The van der Waals surface area contributed by atoms with E-state index in [4.69, 9.17) is 4.74 Å². The molecule has 0 radical (unpaired) electrons. The smallest absolute Gasteiger partial charge is 0.336 e. The first-order valence-electron chi connectivity index (χ1n) is 8.42. The molecule has 144 valence electrons. The second-order valence-corrected chi connectivity index (χ2v) is 7.86. The molecule has 0 atom stereocenters. The van der Waals surface area contributed by atoms with Crippen LogP contribution >= 0.6 is 0 Å². The van der Waals surface area contributed by atoms with Crippen LogP contribution in [0.1, 0.15) is 15.9 Å². The summed E-state index contributed by atoms with van der Waals surface area (Å²) in [5.41, 5.74) is 1.96. The predicted molar refractivity (Wildman–Crippen MR) is 107 cm³/mol. The second-order valence-electron chi connectivity index (χ2n) is 6.18. The Hall–Kier alpha value is -3.32. The highest BCUT2D eigenvalue weighted by molar-refractivity contribution is 7.92. The van der Waals surface area contributed by atoms with E-state index in [2.05, 4.69) is 4.72 Å². The molecule has 0 aliphatic carbocycles. The molecule has 28 heavy (non-hydrogen) atoms. The third-order valence-corrected chi connectivity index (χ3v) is 5.63. The molecule has 3 rings (SSSR count). The van der Waals surface area contributed by atoms with Crippen LogP contribution in [0, 0.1) is 6.92 Å². The number of aromatic carboxylic acids is 1. The molecule has 2 N–H and O–H groups in total. The first-order chi connectivity index (χ1) is 13.3. The number of ether oxygens (including phenoxy) is 1. The zero-order valence-corrected chi connectivity index (χ0v) is 16.2. The molecule has 0 saturated heterocycles. The van der Waals surface area contributed by atoms with Crippen LogP contribution in [0.3, 0.4) is 0 Å². The quantitative estimate of drug-likeness (QED) is 0.651. The molecule has 0 spiro atoms. The molecule has 3 aromatic carbocycles. The standard InChI is InChI=1S/C21H19NO5S/c1-14-6-12-17(13-7-14)28(25,26)22-19-5-3-4-18(21(23)24)20(19)15-8-10-16(27-2)11-9-15/h3-13,22H,1-2H3,(H,23,24). The summed E-state index contributed by atoms with van der Waals surface area (Å²) in [5.74, 6) is -0.541. The maximum absolute atomic E-state index is 12.8. The van der Waals surface area contributed by atoms with Crippen LogP contribution in [0.25, 0.3) is 11.1 Å². The average molecular weight is 397 g/mol. The average Bonchev–Trinajstić information content (AvgIpc) is 2.68. The van der Waals surface area contributed by atoms with Gasteiger partial charge in [0.15, 0.2) is 0 Å². The van der Waals surface area contributed by atoms with Crippen molar-refractivity contribution in [2.45, 2.75) is 11.8 Å². The Kier molecular flexibility index (Phi) is 5.37. The maximum Gasteiger partial charge on any atom is 0.336 e. The fraction of sp³-hybridized carbons (Fsp3) is 0.0952. The lowest BCUT2D eigenvalue weighted by molar-refractivity contribution is 0.0697. The summed E-state index contributed by atoms with van der Waals surface area (Å²) in [5, 5.41) is 9.60. The number of carboxylic acid groups (broad SMARTS) is 1. The summed E-state index contributed by atoms with van der Waals surface area (Å²) in [6.45, 7) is 1.86. The van der Waals surface area contributed by atoms with E-state index in [1.165, 1.54) is 37.4 Å². The summed E-state index contributed by atoms with van der Waals surface area (Å²) in [6, 6.07) is 17.6. The molecular weight excluding hydrogens is 378 g/mol. The van der Waals surface area contributed by atoms with E-state index in [0.717, 1.165) is 5.56 Å². The third-order valence-electron chi connectivity index (χ3n) is 4.25. The number of sulfonamides is 1. The molecule has 0 aromatic heterocycles. The summed E-state index contributed by atoms with van der Waals surface area (Å²) in [6.07, 6.45) is 0. The lowest BCUT2D eigenvalue weighted by Crippen LogP contribution is -2.14. The Labute approximate surface area is 163 Å². The van der Waals surface area contributed by atoms with Gasteiger partial charge in [-0.05, 0) is 48.9 Å². The highest BCUT2D eigenvalue weighted by Crippen LogP contribution is 2.34. The molecule has 0 unspecified atom stereocenters. The van der Waals surface area contributed by atoms with Gasteiger partial charge >= 0.3 is 5.97 Å². The van der Waals surface area contributed by atoms with E-state index >= 15 is 0 Å². The van der Waals surface area contributed by atoms with Crippen molar-refractivity contribution in [1.29, 1.82) is 0 Å². The van der Waals surface area contributed by atoms with Gasteiger partial charge in [-0.3, -0.25) is 4.72 Å². The summed E-state index contributed by atoms with van der Waals surface area (Å²) in [4.78, 5) is 11.8. The van der Waals surface area contributed by atoms with Gasteiger partial charge in [-0.2, -0.15) is 0 Å². The van der Waals surface area contributed by atoms with E-state index in [9.17, 15) is 18.3 Å². The molecule has 0 aliphatic rings. The highest BCUT2D eigenvalue weighted by atomic mass is 32.2. The number of carbonyl (C=O) groups is 1. The minimum absolute atomic E-state index is 0.00530. The molecule has 0 amide bonds. The lowest BCUT2D eigenvalue weighted by Gasteiger charge is -2.15. The molecule has 0 bridgehead atoms. The van der Waals surface area contributed by atoms with Gasteiger partial charge in [0.25, 0.3) is 10.0 Å². The van der Waals surface area contributed by atoms with Crippen LogP contribution in [0.4, 0.5) is 5.69 Å². The molecular formula is C21H19NO5S. The van der Waals surface area contributed by atoms with Crippen molar-refractivity contribution < 1.29 is 23.1 Å². The fourth-order valence-corrected chi connectivity index (χ4v) is 3.88. The van der Waals surface area contributed by atoms with Crippen molar-refractivity contribution in [3.63, 3.8) is 0 Å². The second kappa shape index (κ2) is 7.74. The van der Waals surface area contributed by atoms with Crippen LogP contribution in [0.2, 0.25) is 0 Å². The monoisotopic (exact) mass is 397 g/mol. The first kappa shape index (κ1) is 19.4. The van der Waals surface area contributed by atoms with Crippen LogP contribution in [0.15, 0.2) is 71.6 Å². The first-order valence-corrected chi connectivity index (χ1v) is 9.90. The SMILES string of the molecule is COc1ccc(-c2c(NS(=O)(=O)c3ccc(C)cc3)cccc2C(=O)O)cc1. The molecule has 0 heterocycles. The van der Waals surface area contributed by atoms with E-state index in [0.29, 0.717) is 11.3 Å². The Morgan fingerprint density at radius 2 is 1.61 bits per heavy atom. The molecule has 6 nitrogen and oxygen atoms in total. The number of benzene rings is 3. The van der Waals surface area contributed by atoms with Crippen molar-refractivity contribution in [2.24, 2.45) is 0 Å². The maximum atomic E-state index is 12.8. The van der Waals surface area contributed by atoms with Crippen LogP contribution in [-0.4, -0.2) is 26.6 Å². The zero-order valence-electron chi connectivity index (χ0n) is 15.3. The highest BCUT2D eigenvalue weighted by Gasteiger charge is 2.21. The van der Waals surface area contributed by atoms with Crippen molar-refractivity contribution in [2.75, 3.05) is 11.8 Å². The number of carboxylic acids is 1. The predicted octanol–water partition coefficient (Wildman–Crippen LogP) is 4.17. The largest absolute Gasteiger partial charge is 0.497 e. The lowest BCUT2D eigenvalue weighted by atomic mass is 9.98. The minimum Gasteiger partial charge on any atom is -0.497 e. The van der Waals surface area contributed by atoms with Gasteiger partial charge in [0, 0.05) is 5.56 Å². The molecule has 7 heteroatoms. The van der Waals surface area contributed by atoms with Crippen LogP contribution in [-0.2, 0) is 10.0 Å². The van der Waals surface area contributed by atoms with Crippen LogP contribution < -0.4 is 9.46 Å². The topological polar surface area (TPSA) is 92.7 Å². The van der Waals surface area contributed by atoms with Gasteiger partial charge in [-0.15, -0.1) is 0 Å². The van der Waals surface area contributed by atoms with E-state index in [1.54, 1.807) is 36.4 Å². The van der Waals surface area contributed by atoms with Crippen LogP contribution in [0.5, 0.6) is 5.75 Å². The summed E-state index contributed by atoms with van der Waals surface area (Å²) < 4.78 is 33.3. The van der Waals surface area contributed by atoms with Crippen molar-refractivity contribution in [1.82, 2.24) is 0 Å². The van der Waals surface area contributed by atoms with Gasteiger partial charge in [-0.1, -0.05) is 35.9 Å². The van der Waals surface area contributed by atoms with E-state index in [-0.39, 0.29) is 21.7 Å². The van der Waals surface area contributed by atoms with Gasteiger partial charge in [0.05, 0.1) is 23.3 Å². The van der Waals surface area contributed by atoms with Gasteiger partial charge in [0.1, 0.15) is 5.75 Å². The molecule has 3 aromatic rings. The number of aryl methyl sites for hydroxylation is 1. The van der Waals surface area contributed by atoms with Crippen molar-refractivity contribution >= 4 is 21.7 Å². The number of nitrogens with one attached hydrogen (secondary N) is 1. The Bertz CT molecular complexity index is 1100. The third kappa shape index (κ3) is 3.99. The number of hydrogen-bond acceptors (Lipinski definition) is 4. The van der Waals surface area contributed by atoms with Crippen molar-refractivity contribution in [3.8, 4) is 16.9 Å². The molecule has 0 saturated carbocycles. The van der Waals surface area contributed by atoms with E-state index in [1.807, 2.05) is 6.92 Å². The Morgan fingerprint density at radius 1 is 0.964 bits per heavy atom.